The molecule has 0 spiro atoms. The molecule has 3 aromatic rings. The second-order valence-corrected chi connectivity index (χ2v) is 9.99. The van der Waals surface area contributed by atoms with Gasteiger partial charge in [0.2, 0.25) is 10.0 Å². The lowest BCUT2D eigenvalue weighted by Gasteiger charge is -2.35. The molecule has 0 aliphatic carbocycles. The van der Waals surface area contributed by atoms with Gasteiger partial charge in [0.1, 0.15) is 10.7 Å². The van der Waals surface area contributed by atoms with E-state index in [0.29, 0.717) is 19.6 Å². The quantitative estimate of drug-likeness (QED) is 0.572. The molecule has 1 aliphatic rings. The fourth-order valence-corrected chi connectivity index (χ4v) is 5.62. The van der Waals surface area contributed by atoms with Crippen molar-refractivity contribution in [1.29, 1.82) is 0 Å². The Morgan fingerprint density at radius 2 is 1.61 bits per heavy atom. The predicted molar refractivity (Wildman–Crippen MR) is 126 cm³/mol. The van der Waals surface area contributed by atoms with Crippen molar-refractivity contribution in [2.45, 2.75) is 11.4 Å². The zero-order valence-corrected chi connectivity index (χ0v) is 19.3. The van der Waals surface area contributed by atoms with Crippen molar-refractivity contribution in [3.8, 4) is 0 Å². The van der Waals surface area contributed by atoms with Gasteiger partial charge < -0.3 is 10.2 Å². The largest absolute Gasteiger partial charge is 0.369 e. The Balaban J connectivity index is 1.46. The molecule has 33 heavy (non-hydrogen) atoms. The SMILES string of the molecule is O=C(NCc1ccccc1)c1ccc(Cl)c(S(=O)(=O)N2CCN(c3ccc(F)cc3)CC2)c1. The maximum absolute atomic E-state index is 13.3. The highest BCUT2D eigenvalue weighted by molar-refractivity contribution is 7.89. The van der Waals surface area contributed by atoms with Crippen molar-refractivity contribution < 1.29 is 17.6 Å². The molecule has 0 saturated carbocycles. The molecule has 172 valence electrons. The third-order valence-electron chi connectivity index (χ3n) is 5.54. The molecule has 1 N–H and O–H groups in total. The van der Waals surface area contributed by atoms with Crippen LogP contribution in [0.25, 0.3) is 0 Å². The van der Waals surface area contributed by atoms with Crippen molar-refractivity contribution in [2.24, 2.45) is 0 Å². The van der Waals surface area contributed by atoms with Gasteiger partial charge in [-0.15, -0.1) is 0 Å². The van der Waals surface area contributed by atoms with Crippen molar-refractivity contribution in [1.82, 2.24) is 9.62 Å². The van der Waals surface area contributed by atoms with Crippen LogP contribution in [-0.2, 0) is 16.6 Å². The van der Waals surface area contributed by atoms with Crippen LogP contribution in [-0.4, -0.2) is 44.8 Å². The van der Waals surface area contributed by atoms with Crippen LogP contribution < -0.4 is 10.2 Å². The molecular weight excluding hydrogens is 465 g/mol. The fourth-order valence-electron chi connectivity index (χ4n) is 3.70. The molecule has 3 aromatic carbocycles. The second kappa shape index (κ2) is 9.91. The van der Waals surface area contributed by atoms with Crippen LogP contribution >= 0.6 is 11.6 Å². The predicted octanol–water partition coefficient (Wildman–Crippen LogP) is 3.92. The standard InChI is InChI=1S/C24H23ClFN3O3S/c25-22-11-6-19(24(30)27-17-18-4-2-1-3-5-18)16-23(22)33(31,32)29-14-12-28(13-15-29)21-9-7-20(26)8-10-21/h1-11,16H,12-15,17H2,(H,27,30). The average molecular weight is 488 g/mol. The number of nitrogens with zero attached hydrogens (tertiary/aromatic N) is 2. The summed E-state index contributed by atoms with van der Waals surface area (Å²) in [4.78, 5) is 14.5. The van der Waals surface area contributed by atoms with Crippen LogP contribution in [0.3, 0.4) is 0 Å². The molecule has 1 aliphatic heterocycles. The number of anilines is 1. The first-order valence-electron chi connectivity index (χ1n) is 10.5. The van der Waals surface area contributed by atoms with Gasteiger partial charge in [-0.25, -0.2) is 12.8 Å². The molecule has 0 unspecified atom stereocenters. The van der Waals surface area contributed by atoms with Gasteiger partial charge in [0.05, 0.1) is 5.02 Å². The van der Waals surface area contributed by atoms with E-state index in [9.17, 15) is 17.6 Å². The number of carbonyl (C=O) groups is 1. The van der Waals surface area contributed by atoms with Crippen molar-refractivity contribution in [2.75, 3.05) is 31.1 Å². The summed E-state index contributed by atoms with van der Waals surface area (Å²) >= 11 is 6.23. The Labute approximate surface area is 197 Å². The maximum atomic E-state index is 13.3. The lowest BCUT2D eigenvalue weighted by molar-refractivity contribution is 0.0950. The molecule has 0 aromatic heterocycles. The van der Waals surface area contributed by atoms with Crippen LogP contribution in [0, 0.1) is 5.82 Å². The van der Waals surface area contributed by atoms with E-state index >= 15 is 0 Å². The minimum Gasteiger partial charge on any atom is -0.369 e. The third-order valence-corrected chi connectivity index (χ3v) is 7.92. The molecule has 1 saturated heterocycles. The smallest absolute Gasteiger partial charge is 0.251 e. The average Bonchev–Trinajstić information content (AvgIpc) is 2.84. The van der Waals surface area contributed by atoms with E-state index < -0.39 is 10.0 Å². The first-order valence-corrected chi connectivity index (χ1v) is 12.3. The lowest BCUT2D eigenvalue weighted by atomic mass is 10.2. The lowest BCUT2D eigenvalue weighted by Crippen LogP contribution is -2.48. The molecule has 4 rings (SSSR count). The number of halogens is 2. The maximum Gasteiger partial charge on any atom is 0.251 e. The van der Waals surface area contributed by atoms with Crippen molar-refractivity contribution >= 4 is 33.2 Å². The summed E-state index contributed by atoms with van der Waals surface area (Å²) in [6.45, 7) is 1.75. The number of carbonyl (C=O) groups excluding carboxylic acids is 1. The first-order chi connectivity index (χ1) is 15.8. The Morgan fingerprint density at radius 3 is 2.27 bits per heavy atom. The monoisotopic (exact) mass is 487 g/mol. The number of hydrogen-bond acceptors (Lipinski definition) is 4. The van der Waals surface area contributed by atoms with E-state index in [1.54, 1.807) is 12.1 Å². The molecule has 0 atom stereocenters. The molecule has 6 nitrogen and oxygen atoms in total. The van der Waals surface area contributed by atoms with Crippen molar-refractivity contribution in [3.05, 3.63) is 94.8 Å². The Morgan fingerprint density at radius 1 is 0.939 bits per heavy atom. The van der Waals surface area contributed by atoms with E-state index in [0.717, 1.165) is 11.3 Å². The van der Waals surface area contributed by atoms with E-state index in [1.807, 2.05) is 35.2 Å². The van der Waals surface area contributed by atoms with Crippen molar-refractivity contribution in [3.63, 3.8) is 0 Å². The number of piperazine rings is 1. The molecule has 9 heteroatoms. The number of benzene rings is 3. The van der Waals surface area contributed by atoms with E-state index in [1.165, 1.54) is 34.6 Å². The van der Waals surface area contributed by atoms with Crippen LogP contribution in [0.15, 0.2) is 77.7 Å². The van der Waals surface area contributed by atoms with Gasteiger partial charge in [-0.2, -0.15) is 4.31 Å². The topological polar surface area (TPSA) is 69.7 Å². The van der Waals surface area contributed by atoms with Gasteiger partial charge in [0, 0.05) is 44.0 Å². The molecule has 1 amide bonds. The molecular formula is C24H23ClFN3O3S. The third kappa shape index (κ3) is 5.35. The number of rotatable bonds is 6. The minimum atomic E-state index is -3.89. The van der Waals surface area contributed by atoms with Crippen LogP contribution in [0.1, 0.15) is 15.9 Å². The number of nitrogens with one attached hydrogen (secondary N) is 1. The summed E-state index contributed by atoms with van der Waals surface area (Å²) in [6.07, 6.45) is 0. The number of sulfonamides is 1. The summed E-state index contributed by atoms with van der Waals surface area (Å²) in [5.41, 5.74) is 1.99. The molecule has 1 fully saturated rings. The van der Waals surface area contributed by atoms with Gasteiger partial charge >= 0.3 is 0 Å². The summed E-state index contributed by atoms with van der Waals surface area (Å²) in [7, 11) is -3.89. The minimum absolute atomic E-state index is 0.0653. The van der Waals surface area contributed by atoms with E-state index in [2.05, 4.69) is 5.32 Å². The molecule has 0 radical (unpaired) electrons. The van der Waals surface area contributed by atoms with Crippen LogP contribution in [0.4, 0.5) is 10.1 Å². The van der Waals surface area contributed by atoms with Gasteiger partial charge in [-0.05, 0) is 48.0 Å². The highest BCUT2D eigenvalue weighted by atomic mass is 35.5. The molecule has 1 heterocycles. The van der Waals surface area contributed by atoms with Gasteiger partial charge in [-0.3, -0.25) is 4.79 Å². The number of hydrogen-bond donors (Lipinski definition) is 1. The zero-order valence-electron chi connectivity index (χ0n) is 17.7. The number of amides is 1. The second-order valence-electron chi connectivity index (χ2n) is 7.68. The Kier molecular flexibility index (Phi) is 6.97. The Bertz CT molecular complexity index is 1230. The Hall–Kier alpha value is -2.94. The summed E-state index contributed by atoms with van der Waals surface area (Å²) in [5.74, 6) is -0.699. The summed E-state index contributed by atoms with van der Waals surface area (Å²) in [6, 6.07) is 19.8. The van der Waals surface area contributed by atoms with Crippen LogP contribution in [0.5, 0.6) is 0 Å². The zero-order chi connectivity index (χ0) is 23.4. The normalized spacial score (nSPS) is 14.8. The van der Waals surface area contributed by atoms with E-state index in [4.69, 9.17) is 11.6 Å². The highest BCUT2D eigenvalue weighted by Gasteiger charge is 2.31. The van der Waals surface area contributed by atoms with E-state index in [-0.39, 0.29) is 40.3 Å². The fraction of sp³-hybridized carbons (Fsp3) is 0.208. The van der Waals surface area contributed by atoms with Crippen LogP contribution in [0.2, 0.25) is 5.02 Å². The summed E-state index contributed by atoms with van der Waals surface area (Å²) < 4.78 is 41.1. The molecule has 0 bridgehead atoms. The van der Waals surface area contributed by atoms with Gasteiger partial charge in [-0.1, -0.05) is 41.9 Å². The van der Waals surface area contributed by atoms with Gasteiger partial charge in [0.25, 0.3) is 5.91 Å². The first kappa shape index (κ1) is 23.2. The van der Waals surface area contributed by atoms with Gasteiger partial charge in [0.15, 0.2) is 0 Å². The summed E-state index contributed by atoms with van der Waals surface area (Å²) in [5, 5.41) is 2.86. The highest BCUT2D eigenvalue weighted by Crippen LogP contribution is 2.27.